The molecule has 0 radical (unpaired) electrons. The second-order valence-electron chi connectivity index (χ2n) is 4.69. The van der Waals surface area contributed by atoms with Gasteiger partial charge in [-0.2, -0.15) is 0 Å². The first kappa shape index (κ1) is 14.4. The zero-order chi connectivity index (χ0) is 14.4. The summed E-state index contributed by atoms with van der Waals surface area (Å²) in [5.74, 6) is -0.558. The monoisotopic (exact) mass is 272 g/mol. The number of carbonyl (C=O) groups excluding carboxylic acids is 1. The summed E-state index contributed by atoms with van der Waals surface area (Å²) >= 11 is 0. The number of hydrogen-bond acceptors (Lipinski definition) is 2. The molecule has 0 heterocycles. The molecular weight excluding hydrogens is 255 g/mol. The van der Waals surface area contributed by atoms with E-state index in [0.717, 1.165) is 0 Å². The molecule has 3 heteroatoms. The van der Waals surface area contributed by atoms with E-state index in [1.165, 1.54) is 0 Å². The van der Waals surface area contributed by atoms with Crippen molar-refractivity contribution in [2.24, 2.45) is 0 Å². The van der Waals surface area contributed by atoms with Crippen molar-refractivity contribution in [1.29, 1.82) is 0 Å². The Morgan fingerprint density at radius 1 is 1.00 bits per heavy atom. The second kappa shape index (κ2) is 6.44. The van der Waals surface area contributed by atoms with E-state index >= 15 is 4.39 Å². The number of aliphatic hydroxyl groups excluding tert-OH is 1. The number of ketones is 1. The first-order valence-corrected chi connectivity index (χ1v) is 6.63. The van der Waals surface area contributed by atoms with Gasteiger partial charge in [0, 0.05) is 12.2 Å². The molecule has 0 spiro atoms. The quantitative estimate of drug-likeness (QED) is 0.817. The van der Waals surface area contributed by atoms with Gasteiger partial charge in [0.05, 0.1) is 0 Å². The largest absolute Gasteiger partial charge is 0.396 e. The Kier molecular flexibility index (Phi) is 4.64. The van der Waals surface area contributed by atoms with Gasteiger partial charge in [-0.05, 0) is 18.4 Å². The van der Waals surface area contributed by atoms with Gasteiger partial charge >= 0.3 is 0 Å². The highest BCUT2D eigenvalue weighted by Crippen LogP contribution is 2.34. The molecule has 104 valence electrons. The Labute approximate surface area is 117 Å². The van der Waals surface area contributed by atoms with Crippen LogP contribution in [0.4, 0.5) is 4.39 Å². The van der Waals surface area contributed by atoms with Gasteiger partial charge < -0.3 is 5.11 Å². The lowest BCUT2D eigenvalue weighted by atomic mass is 9.84. The van der Waals surface area contributed by atoms with E-state index in [0.29, 0.717) is 11.1 Å². The zero-order valence-electron chi connectivity index (χ0n) is 11.1. The number of alkyl halides is 1. The summed E-state index contributed by atoms with van der Waals surface area (Å²) in [6.45, 7) is -0.138. The Morgan fingerprint density at radius 2 is 1.55 bits per heavy atom. The fourth-order valence-electron chi connectivity index (χ4n) is 2.23. The minimum absolute atomic E-state index is 0.0265. The predicted molar refractivity (Wildman–Crippen MR) is 76.3 cm³/mol. The van der Waals surface area contributed by atoms with Crippen LogP contribution >= 0.6 is 0 Å². The van der Waals surface area contributed by atoms with Crippen LogP contribution in [0.2, 0.25) is 0 Å². The first-order valence-electron chi connectivity index (χ1n) is 6.63. The normalized spacial score (nSPS) is 13.7. The summed E-state index contributed by atoms with van der Waals surface area (Å²) in [4.78, 5) is 12.5. The van der Waals surface area contributed by atoms with Crippen LogP contribution in [-0.4, -0.2) is 17.5 Å². The van der Waals surface area contributed by atoms with Crippen molar-refractivity contribution < 1.29 is 14.3 Å². The summed E-state index contributed by atoms with van der Waals surface area (Å²) in [7, 11) is 0. The van der Waals surface area contributed by atoms with Crippen LogP contribution in [0, 0.1) is 0 Å². The highest BCUT2D eigenvalue weighted by molar-refractivity contribution is 6.02. The Morgan fingerprint density at radius 3 is 2.10 bits per heavy atom. The third-order valence-corrected chi connectivity index (χ3v) is 3.31. The van der Waals surface area contributed by atoms with E-state index in [4.69, 9.17) is 5.11 Å². The molecule has 0 saturated heterocycles. The highest BCUT2D eigenvalue weighted by atomic mass is 19.1. The van der Waals surface area contributed by atoms with Crippen LogP contribution in [0.1, 0.15) is 28.8 Å². The maximum atomic E-state index is 15.3. The van der Waals surface area contributed by atoms with E-state index in [9.17, 15) is 4.79 Å². The van der Waals surface area contributed by atoms with Crippen molar-refractivity contribution in [3.63, 3.8) is 0 Å². The minimum Gasteiger partial charge on any atom is -0.396 e. The van der Waals surface area contributed by atoms with E-state index in [2.05, 4.69) is 0 Å². The van der Waals surface area contributed by atoms with Crippen molar-refractivity contribution in [2.75, 3.05) is 6.61 Å². The number of carbonyl (C=O) groups is 1. The summed E-state index contributed by atoms with van der Waals surface area (Å²) in [5.41, 5.74) is -1.41. The number of aliphatic hydroxyl groups is 1. The van der Waals surface area contributed by atoms with E-state index in [1.807, 2.05) is 0 Å². The van der Waals surface area contributed by atoms with E-state index in [1.54, 1.807) is 60.7 Å². The molecule has 2 rings (SSSR count). The molecule has 2 aromatic carbocycles. The number of benzene rings is 2. The molecule has 0 bridgehead atoms. The fraction of sp³-hybridized carbons (Fsp3) is 0.235. The zero-order valence-corrected chi connectivity index (χ0v) is 11.1. The lowest BCUT2D eigenvalue weighted by Crippen LogP contribution is -2.31. The molecule has 0 aromatic heterocycles. The van der Waals surface area contributed by atoms with Gasteiger partial charge in [-0.15, -0.1) is 0 Å². The lowest BCUT2D eigenvalue weighted by molar-refractivity contribution is 0.0631. The summed E-state index contributed by atoms with van der Waals surface area (Å²) < 4.78 is 15.3. The Balaban J connectivity index is 2.39. The van der Waals surface area contributed by atoms with Crippen molar-refractivity contribution in [3.8, 4) is 0 Å². The number of rotatable bonds is 6. The van der Waals surface area contributed by atoms with Gasteiger partial charge in [-0.3, -0.25) is 4.79 Å². The van der Waals surface area contributed by atoms with Gasteiger partial charge in [0.25, 0.3) is 0 Å². The SMILES string of the molecule is O=C(c1ccccc1)C(F)(CCCO)c1ccccc1. The molecule has 0 aliphatic rings. The Bertz CT molecular complexity index is 554. The van der Waals surface area contributed by atoms with Crippen LogP contribution in [0.3, 0.4) is 0 Å². The maximum absolute atomic E-state index is 15.3. The molecular formula is C17H17FO2. The molecule has 0 amide bonds. The van der Waals surface area contributed by atoms with E-state index in [-0.39, 0.29) is 19.4 Å². The predicted octanol–water partition coefficient (Wildman–Crippen LogP) is 3.51. The fourth-order valence-corrected chi connectivity index (χ4v) is 2.23. The van der Waals surface area contributed by atoms with Crippen molar-refractivity contribution >= 4 is 5.78 Å². The van der Waals surface area contributed by atoms with Crippen LogP contribution in [0.25, 0.3) is 0 Å². The molecule has 0 aliphatic carbocycles. The van der Waals surface area contributed by atoms with Crippen molar-refractivity contribution in [1.82, 2.24) is 0 Å². The molecule has 1 unspecified atom stereocenters. The third-order valence-electron chi connectivity index (χ3n) is 3.31. The Hall–Kier alpha value is -2.00. The molecule has 0 aliphatic heterocycles. The first-order chi connectivity index (χ1) is 9.68. The molecule has 20 heavy (non-hydrogen) atoms. The topological polar surface area (TPSA) is 37.3 Å². The second-order valence-corrected chi connectivity index (χ2v) is 4.69. The van der Waals surface area contributed by atoms with Gasteiger partial charge in [0.2, 0.25) is 5.78 Å². The molecule has 1 atom stereocenters. The highest BCUT2D eigenvalue weighted by Gasteiger charge is 2.40. The van der Waals surface area contributed by atoms with Gasteiger partial charge in [-0.25, -0.2) is 4.39 Å². The van der Waals surface area contributed by atoms with Crippen molar-refractivity contribution in [2.45, 2.75) is 18.5 Å². The maximum Gasteiger partial charge on any atom is 0.204 e. The summed E-state index contributed by atoms with van der Waals surface area (Å²) in [6, 6.07) is 16.8. The standard InChI is InChI=1S/C17H17FO2/c18-17(12-7-13-19,15-10-5-2-6-11-15)16(20)14-8-3-1-4-9-14/h1-6,8-11,19H,7,12-13H2. The number of Topliss-reactive ketones (excluding diaryl/α,β-unsaturated/α-hetero) is 1. The van der Waals surface area contributed by atoms with Crippen LogP contribution < -0.4 is 0 Å². The average Bonchev–Trinajstić information content (AvgIpc) is 2.53. The van der Waals surface area contributed by atoms with Crippen LogP contribution in [-0.2, 0) is 5.67 Å². The number of hydrogen-bond donors (Lipinski definition) is 1. The smallest absolute Gasteiger partial charge is 0.204 e. The van der Waals surface area contributed by atoms with Crippen LogP contribution in [0.5, 0.6) is 0 Å². The third kappa shape index (κ3) is 2.94. The number of halogens is 1. The van der Waals surface area contributed by atoms with Gasteiger partial charge in [0.15, 0.2) is 5.67 Å². The van der Waals surface area contributed by atoms with Crippen LogP contribution in [0.15, 0.2) is 60.7 Å². The summed E-state index contributed by atoms with van der Waals surface area (Å²) in [6.07, 6.45) is 0.214. The van der Waals surface area contributed by atoms with E-state index < -0.39 is 11.5 Å². The average molecular weight is 272 g/mol. The summed E-state index contributed by atoms with van der Waals surface area (Å²) in [5, 5.41) is 8.95. The van der Waals surface area contributed by atoms with Gasteiger partial charge in [0.1, 0.15) is 0 Å². The van der Waals surface area contributed by atoms with Gasteiger partial charge in [-0.1, -0.05) is 60.7 Å². The molecule has 0 saturated carbocycles. The molecule has 2 nitrogen and oxygen atoms in total. The molecule has 1 N–H and O–H groups in total. The minimum atomic E-state index is -2.09. The molecule has 2 aromatic rings. The molecule has 0 fully saturated rings. The van der Waals surface area contributed by atoms with Crippen molar-refractivity contribution in [3.05, 3.63) is 71.8 Å². The lowest BCUT2D eigenvalue weighted by Gasteiger charge is -2.24.